The third-order valence-corrected chi connectivity index (χ3v) is 8.18. The molecule has 38 heavy (non-hydrogen) atoms. The normalized spacial score (nSPS) is 25.1. The summed E-state index contributed by atoms with van der Waals surface area (Å²) in [5, 5.41) is 10.2. The fourth-order valence-electron chi connectivity index (χ4n) is 6.30. The van der Waals surface area contributed by atoms with Gasteiger partial charge >= 0.3 is 0 Å². The zero-order valence-corrected chi connectivity index (χ0v) is 22.3. The van der Waals surface area contributed by atoms with Crippen LogP contribution in [0.1, 0.15) is 51.5 Å². The van der Waals surface area contributed by atoms with Crippen molar-refractivity contribution in [2.45, 2.75) is 52.1 Å². The number of fused-ring (bicyclic) bond motifs is 3. The minimum absolute atomic E-state index is 0.0367. The quantitative estimate of drug-likeness (QED) is 0.321. The molecule has 3 aliphatic rings. The number of hydrogen-bond acceptors (Lipinski definition) is 5. The van der Waals surface area contributed by atoms with Gasteiger partial charge in [-0.2, -0.15) is 0 Å². The van der Waals surface area contributed by atoms with Crippen molar-refractivity contribution in [2.24, 2.45) is 17.8 Å². The van der Waals surface area contributed by atoms with Gasteiger partial charge < -0.3 is 14.6 Å². The van der Waals surface area contributed by atoms with Crippen molar-refractivity contribution < 1.29 is 24.2 Å². The van der Waals surface area contributed by atoms with E-state index in [-0.39, 0.29) is 41.4 Å². The van der Waals surface area contributed by atoms with Gasteiger partial charge in [-0.25, -0.2) is 0 Å². The molecule has 0 bridgehead atoms. The van der Waals surface area contributed by atoms with Gasteiger partial charge in [0.25, 0.3) is 0 Å². The summed E-state index contributed by atoms with van der Waals surface area (Å²) >= 11 is 0. The number of para-hydroxylation sites is 2. The van der Waals surface area contributed by atoms with E-state index < -0.39 is 0 Å². The molecule has 1 aliphatic carbocycles. The van der Waals surface area contributed by atoms with Gasteiger partial charge in [-0.1, -0.05) is 61.9 Å². The van der Waals surface area contributed by atoms with Crippen LogP contribution in [-0.4, -0.2) is 47.7 Å². The Bertz CT molecular complexity index is 1230. The van der Waals surface area contributed by atoms with Gasteiger partial charge in [-0.05, 0) is 61.4 Å². The van der Waals surface area contributed by atoms with Crippen molar-refractivity contribution >= 4 is 17.9 Å². The summed E-state index contributed by atoms with van der Waals surface area (Å²) in [5.41, 5.74) is 4.32. The minimum atomic E-state index is -0.336. The van der Waals surface area contributed by atoms with Gasteiger partial charge in [0, 0.05) is 18.0 Å². The van der Waals surface area contributed by atoms with Crippen molar-refractivity contribution in [3.63, 3.8) is 0 Å². The molecule has 200 valence electrons. The Morgan fingerprint density at radius 2 is 1.82 bits per heavy atom. The first-order chi connectivity index (χ1) is 18.5. The number of benzene rings is 2. The Labute approximate surface area is 224 Å². The number of phenolic OH excluding ortho intramolecular Hbond substituents is 1. The van der Waals surface area contributed by atoms with Gasteiger partial charge in [0.2, 0.25) is 11.8 Å². The number of carbonyl (C=O) groups excluding carboxylic acids is 2. The Morgan fingerprint density at radius 1 is 1.05 bits per heavy atom. The molecule has 4 atom stereocenters. The number of aromatic hydroxyl groups is 1. The number of allylic oxidation sites excluding steroid dienone is 1. The van der Waals surface area contributed by atoms with Crippen LogP contribution in [0.2, 0.25) is 0 Å². The lowest BCUT2D eigenvalue weighted by atomic mass is 9.69. The summed E-state index contributed by atoms with van der Waals surface area (Å²) in [6, 6.07) is 17.1. The molecule has 2 heterocycles. The van der Waals surface area contributed by atoms with Crippen molar-refractivity contribution in [3.8, 4) is 11.5 Å². The van der Waals surface area contributed by atoms with Crippen molar-refractivity contribution in [3.05, 3.63) is 76.9 Å². The third-order valence-electron chi connectivity index (χ3n) is 8.18. The molecule has 0 aromatic heterocycles. The highest BCUT2D eigenvalue weighted by atomic mass is 16.5. The molecule has 6 heteroatoms. The number of ether oxygens (including phenoxy) is 2. The van der Waals surface area contributed by atoms with Crippen LogP contribution >= 0.6 is 0 Å². The molecule has 2 fully saturated rings. The van der Waals surface area contributed by atoms with Crippen LogP contribution in [0, 0.1) is 17.8 Å². The largest absolute Gasteiger partial charge is 0.507 e. The highest BCUT2D eigenvalue weighted by Gasteiger charge is 2.56. The number of amides is 2. The molecule has 0 radical (unpaired) electrons. The van der Waals surface area contributed by atoms with E-state index >= 15 is 0 Å². The average molecular weight is 516 g/mol. The number of rotatable bonds is 10. The molecule has 2 aromatic rings. The molecule has 5 rings (SSSR count). The topological polar surface area (TPSA) is 76.1 Å². The number of phenols is 1. The highest BCUT2D eigenvalue weighted by Crippen LogP contribution is 2.50. The lowest BCUT2D eigenvalue weighted by Crippen LogP contribution is -2.35. The lowest BCUT2D eigenvalue weighted by molar-refractivity contribution is -0.140. The number of nitrogens with zero attached hydrogens (tertiary/aromatic N) is 1. The first-order valence-corrected chi connectivity index (χ1v) is 13.9. The smallest absolute Gasteiger partial charge is 0.233 e. The second-order valence-corrected chi connectivity index (χ2v) is 10.5. The first-order valence-electron chi connectivity index (χ1n) is 13.9. The van der Waals surface area contributed by atoms with Crippen LogP contribution in [0.5, 0.6) is 11.5 Å². The van der Waals surface area contributed by atoms with Crippen LogP contribution in [0.15, 0.2) is 71.3 Å². The van der Waals surface area contributed by atoms with Gasteiger partial charge in [0.05, 0.1) is 24.5 Å². The van der Waals surface area contributed by atoms with Crippen molar-refractivity contribution in [2.75, 3.05) is 19.8 Å². The Hall–Kier alpha value is -3.38. The van der Waals surface area contributed by atoms with E-state index in [9.17, 15) is 14.7 Å². The van der Waals surface area contributed by atoms with Crippen molar-refractivity contribution in [1.82, 2.24) is 4.90 Å². The molecule has 2 aliphatic heterocycles. The summed E-state index contributed by atoms with van der Waals surface area (Å²) in [6.45, 7) is 5.44. The maximum Gasteiger partial charge on any atom is 0.233 e. The predicted octanol–water partition coefficient (Wildman–Crippen LogP) is 5.77. The molecular formula is C32H37NO5. The van der Waals surface area contributed by atoms with Gasteiger partial charge in [-0.15, -0.1) is 0 Å². The molecule has 1 N–H and O–H groups in total. The Balaban J connectivity index is 1.40. The molecule has 0 saturated carbocycles. The minimum Gasteiger partial charge on any atom is -0.507 e. The zero-order valence-electron chi connectivity index (χ0n) is 22.3. The maximum atomic E-state index is 13.4. The molecule has 2 aromatic carbocycles. The summed E-state index contributed by atoms with van der Waals surface area (Å²) in [6.07, 6.45) is 5.73. The van der Waals surface area contributed by atoms with E-state index in [0.717, 1.165) is 42.6 Å². The monoisotopic (exact) mass is 515 g/mol. The zero-order chi connectivity index (χ0) is 26.6. The van der Waals surface area contributed by atoms with Crippen LogP contribution in [-0.2, 0) is 14.3 Å². The van der Waals surface area contributed by atoms with Crippen LogP contribution < -0.4 is 4.74 Å². The van der Waals surface area contributed by atoms with Crippen LogP contribution in [0.25, 0.3) is 6.08 Å². The second-order valence-electron chi connectivity index (χ2n) is 10.5. The van der Waals surface area contributed by atoms with Gasteiger partial charge in [-0.3, -0.25) is 14.5 Å². The first kappa shape index (κ1) is 26.2. The molecule has 6 nitrogen and oxygen atoms in total. The third kappa shape index (κ3) is 5.14. The van der Waals surface area contributed by atoms with Gasteiger partial charge in [0.15, 0.2) is 0 Å². The summed E-state index contributed by atoms with van der Waals surface area (Å²) in [5.74, 6) is 0.237. The van der Waals surface area contributed by atoms with E-state index in [1.54, 1.807) is 6.07 Å². The average Bonchev–Trinajstić information content (AvgIpc) is 3.46. The lowest BCUT2D eigenvalue weighted by Gasteiger charge is -2.31. The number of likely N-dealkylation sites (tertiary alicyclic amines) is 1. The molecule has 0 spiro atoms. The fraction of sp³-hybridized carbons (Fsp3) is 0.438. The van der Waals surface area contributed by atoms with E-state index in [4.69, 9.17) is 9.47 Å². The second kappa shape index (κ2) is 11.6. The molecular weight excluding hydrogens is 478 g/mol. The number of carbonyl (C=O) groups is 2. The van der Waals surface area contributed by atoms with Gasteiger partial charge in [0.1, 0.15) is 18.1 Å². The van der Waals surface area contributed by atoms with E-state index in [0.29, 0.717) is 26.2 Å². The van der Waals surface area contributed by atoms with E-state index in [1.807, 2.05) is 55.5 Å². The number of hydrogen-bond donors (Lipinski definition) is 1. The molecule has 2 saturated heterocycles. The maximum absolute atomic E-state index is 13.4. The summed E-state index contributed by atoms with van der Waals surface area (Å²) in [4.78, 5) is 28.1. The fourth-order valence-corrected chi connectivity index (χ4v) is 6.30. The molecule has 0 unspecified atom stereocenters. The van der Waals surface area contributed by atoms with E-state index in [2.05, 4.69) is 13.0 Å². The Morgan fingerprint density at radius 3 is 2.55 bits per heavy atom. The predicted molar refractivity (Wildman–Crippen MR) is 146 cm³/mol. The van der Waals surface area contributed by atoms with Crippen LogP contribution in [0.4, 0.5) is 0 Å². The summed E-state index contributed by atoms with van der Waals surface area (Å²) in [7, 11) is 0. The SMILES string of the molecule is CCCN1C(=O)[C@@H]2[C@@H](CC(COc3ccccc3)=C3[C@@H](CC/C(=C/c4ccccc4O)CC)OC[C@@H]32)C1=O. The van der Waals surface area contributed by atoms with Crippen LogP contribution in [0.3, 0.4) is 0 Å². The highest BCUT2D eigenvalue weighted by molar-refractivity contribution is 6.06. The number of imide groups is 1. The summed E-state index contributed by atoms with van der Waals surface area (Å²) < 4.78 is 12.5. The van der Waals surface area contributed by atoms with Crippen molar-refractivity contribution in [1.29, 1.82) is 0 Å². The molecule has 2 amide bonds. The standard InChI is InChI=1S/C32H37NO5/c1-3-16-33-31(35)25-18-23(19-37-24-11-6-5-7-12-24)29-26(30(25)32(33)36)20-38-28(29)15-14-21(4-2)17-22-10-8-9-13-27(22)34/h5-13,17,25-26,28,30,34H,3-4,14-16,18-20H2,1-2H3/b21-17+/t25-,26+,28-,30-/m1/s1. The van der Waals surface area contributed by atoms with E-state index in [1.165, 1.54) is 16.0 Å². The Kier molecular flexibility index (Phi) is 7.98.